The van der Waals surface area contributed by atoms with Gasteiger partial charge in [0.15, 0.2) is 0 Å². The molecule has 0 fully saturated rings. The number of carbonyl (C=O) groups is 3. The molecule has 1 aliphatic rings. The van der Waals surface area contributed by atoms with E-state index in [1.165, 1.54) is 19.2 Å². The van der Waals surface area contributed by atoms with Gasteiger partial charge >= 0.3 is 5.97 Å². The van der Waals surface area contributed by atoms with Gasteiger partial charge in [-0.3, -0.25) is 9.59 Å². The number of esters is 1. The Balaban J connectivity index is 1.48. The van der Waals surface area contributed by atoms with Crippen LogP contribution in [0, 0.1) is 6.92 Å². The molecule has 1 atom stereocenters. The van der Waals surface area contributed by atoms with Crippen LogP contribution in [0.3, 0.4) is 0 Å². The predicted molar refractivity (Wildman–Crippen MR) is 155 cm³/mol. The first-order valence-electron chi connectivity index (χ1n) is 13.2. The van der Waals surface area contributed by atoms with Crippen molar-refractivity contribution < 1.29 is 24.2 Å². The van der Waals surface area contributed by atoms with Crippen LogP contribution in [0.15, 0.2) is 91.0 Å². The Labute approximate surface area is 233 Å². The lowest BCUT2D eigenvalue weighted by molar-refractivity contribution is 0.0596. The maximum absolute atomic E-state index is 13.9. The second-order valence-electron chi connectivity index (χ2n) is 9.79. The zero-order chi connectivity index (χ0) is 28.2. The van der Waals surface area contributed by atoms with E-state index in [4.69, 9.17) is 4.74 Å². The van der Waals surface area contributed by atoms with E-state index in [1.807, 2.05) is 67.6 Å². The fraction of sp³-hybridized carbons (Fsp3) is 0.182. The van der Waals surface area contributed by atoms with Crippen molar-refractivity contribution in [3.8, 4) is 11.1 Å². The Kier molecular flexibility index (Phi) is 7.75. The standard InChI is InChI=1S/C33H30N2O5/c1-21-14-17-29-28(19-21)30(36)13-8-18-35(29)32(38)26-16-15-23(20-27(26)33(39)40-2)34-31(37)25-12-7-6-11-24(25)22-9-4-3-5-10-22/h3-7,9-12,14-17,19-20,30,36H,8,13,18H2,1-2H3,(H,34,37). The number of hydrogen-bond donors (Lipinski definition) is 2. The maximum atomic E-state index is 13.9. The Morgan fingerprint density at radius 1 is 0.875 bits per heavy atom. The summed E-state index contributed by atoms with van der Waals surface area (Å²) in [6, 6.07) is 27.1. The molecule has 1 aliphatic heterocycles. The number of aliphatic hydroxyl groups is 1. The zero-order valence-electron chi connectivity index (χ0n) is 22.4. The van der Waals surface area contributed by atoms with Crippen molar-refractivity contribution in [2.24, 2.45) is 0 Å². The normalized spacial score (nSPS) is 14.6. The molecule has 7 nitrogen and oxygen atoms in total. The van der Waals surface area contributed by atoms with E-state index in [0.717, 1.165) is 16.7 Å². The van der Waals surface area contributed by atoms with Gasteiger partial charge in [-0.05, 0) is 61.2 Å². The number of aryl methyl sites for hydroxylation is 1. The molecule has 5 rings (SSSR count). The fourth-order valence-corrected chi connectivity index (χ4v) is 5.10. The summed E-state index contributed by atoms with van der Waals surface area (Å²) >= 11 is 0. The molecule has 0 spiro atoms. The number of fused-ring (bicyclic) bond motifs is 1. The van der Waals surface area contributed by atoms with Gasteiger partial charge in [-0.15, -0.1) is 0 Å². The highest BCUT2D eigenvalue weighted by Crippen LogP contribution is 2.35. The second-order valence-corrected chi connectivity index (χ2v) is 9.79. The van der Waals surface area contributed by atoms with Crippen molar-refractivity contribution in [3.63, 3.8) is 0 Å². The van der Waals surface area contributed by atoms with E-state index in [0.29, 0.717) is 41.9 Å². The van der Waals surface area contributed by atoms with Crippen LogP contribution in [0.2, 0.25) is 0 Å². The Bertz CT molecular complexity index is 1580. The number of ether oxygens (including phenoxy) is 1. The third-order valence-corrected chi connectivity index (χ3v) is 7.11. The highest BCUT2D eigenvalue weighted by atomic mass is 16.5. The Morgan fingerprint density at radius 2 is 1.62 bits per heavy atom. The number of benzene rings is 4. The van der Waals surface area contributed by atoms with Gasteiger partial charge in [0.25, 0.3) is 11.8 Å². The van der Waals surface area contributed by atoms with E-state index in [9.17, 15) is 19.5 Å². The molecule has 40 heavy (non-hydrogen) atoms. The van der Waals surface area contributed by atoms with Gasteiger partial charge in [-0.1, -0.05) is 66.2 Å². The SMILES string of the molecule is COC(=O)c1cc(NC(=O)c2ccccc2-c2ccccc2)ccc1C(=O)N1CCCC(O)c2cc(C)ccc21. The summed E-state index contributed by atoms with van der Waals surface area (Å²) in [5.74, 6) is -1.42. The van der Waals surface area contributed by atoms with Crippen LogP contribution in [0.4, 0.5) is 11.4 Å². The van der Waals surface area contributed by atoms with Gasteiger partial charge in [0.2, 0.25) is 0 Å². The molecule has 1 heterocycles. The summed E-state index contributed by atoms with van der Waals surface area (Å²) in [6.45, 7) is 2.33. The van der Waals surface area contributed by atoms with Crippen molar-refractivity contribution in [1.29, 1.82) is 0 Å². The first kappa shape index (κ1) is 26.8. The number of methoxy groups -OCH3 is 1. The Morgan fingerprint density at radius 3 is 2.40 bits per heavy atom. The lowest BCUT2D eigenvalue weighted by Gasteiger charge is -2.25. The van der Waals surface area contributed by atoms with Crippen LogP contribution in [-0.2, 0) is 4.74 Å². The molecule has 0 aromatic heterocycles. The van der Waals surface area contributed by atoms with Crippen LogP contribution in [-0.4, -0.2) is 36.5 Å². The van der Waals surface area contributed by atoms with Crippen LogP contribution >= 0.6 is 0 Å². The predicted octanol–water partition coefficient (Wildman–Crippen LogP) is 6.17. The van der Waals surface area contributed by atoms with Crippen LogP contribution in [0.1, 0.15) is 61.1 Å². The third kappa shape index (κ3) is 5.37. The molecule has 0 saturated heterocycles. The number of amides is 2. The molecular weight excluding hydrogens is 504 g/mol. The molecule has 0 bridgehead atoms. The number of hydrogen-bond acceptors (Lipinski definition) is 5. The summed E-state index contributed by atoms with van der Waals surface area (Å²) in [7, 11) is 1.25. The van der Waals surface area contributed by atoms with Crippen LogP contribution in [0.5, 0.6) is 0 Å². The highest BCUT2D eigenvalue weighted by Gasteiger charge is 2.29. The van der Waals surface area contributed by atoms with Gasteiger partial charge in [-0.25, -0.2) is 4.79 Å². The molecule has 0 radical (unpaired) electrons. The second kappa shape index (κ2) is 11.6. The van der Waals surface area contributed by atoms with E-state index < -0.39 is 12.1 Å². The minimum atomic E-state index is -0.692. The summed E-state index contributed by atoms with van der Waals surface area (Å²) < 4.78 is 5.00. The average molecular weight is 535 g/mol. The molecular formula is C33H30N2O5. The van der Waals surface area contributed by atoms with E-state index in [2.05, 4.69) is 5.32 Å². The number of anilines is 2. The minimum absolute atomic E-state index is 0.0418. The smallest absolute Gasteiger partial charge is 0.338 e. The van der Waals surface area contributed by atoms with Gasteiger partial charge in [0.1, 0.15) is 0 Å². The van der Waals surface area contributed by atoms with E-state index in [-0.39, 0.29) is 22.9 Å². The Hall–Kier alpha value is -4.75. The third-order valence-electron chi connectivity index (χ3n) is 7.11. The van der Waals surface area contributed by atoms with Crippen molar-refractivity contribution in [2.75, 3.05) is 23.9 Å². The molecule has 0 aliphatic carbocycles. The van der Waals surface area contributed by atoms with E-state index >= 15 is 0 Å². The molecule has 2 N–H and O–H groups in total. The topological polar surface area (TPSA) is 95.9 Å². The summed E-state index contributed by atoms with van der Waals surface area (Å²) in [5, 5.41) is 13.5. The number of rotatable bonds is 5. The van der Waals surface area contributed by atoms with E-state index in [1.54, 1.807) is 23.1 Å². The molecule has 4 aromatic rings. The van der Waals surface area contributed by atoms with Crippen molar-refractivity contribution in [1.82, 2.24) is 0 Å². The number of aliphatic hydroxyl groups excluding tert-OH is 1. The molecule has 0 saturated carbocycles. The first-order valence-corrected chi connectivity index (χ1v) is 13.2. The zero-order valence-corrected chi connectivity index (χ0v) is 22.4. The maximum Gasteiger partial charge on any atom is 0.338 e. The van der Waals surface area contributed by atoms with Gasteiger partial charge in [0.05, 0.1) is 24.3 Å². The number of carbonyl (C=O) groups excluding carboxylic acids is 3. The lowest BCUT2D eigenvalue weighted by Crippen LogP contribution is -2.33. The van der Waals surface area contributed by atoms with Gasteiger partial charge in [0, 0.05) is 29.0 Å². The van der Waals surface area contributed by atoms with Crippen molar-refractivity contribution in [3.05, 3.63) is 119 Å². The summed E-state index contributed by atoms with van der Waals surface area (Å²) in [6.07, 6.45) is 0.451. The quantitative estimate of drug-likeness (QED) is 0.298. The molecule has 202 valence electrons. The van der Waals surface area contributed by atoms with Gasteiger partial charge < -0.3 is 20.1 Å². The number of nitrogens with zero attached hydrogens (tertiary/aromatic N) is 1. The molecule has 1 unspecified atom stereocenters. The highest BCUT2D eigenvalue weighted by molar-refractivity contribution is 6.14. The summed E-state index contributed by atoms with van der Waals surface area (Å²) in [4.78, 5) is 41.6. The molecule has 7 heteroatoms. The monoisotopic (exact) mass is 534 g/mol. The first-order chi connectivity index (χ1) is 19.4. The van der Waals surface area contributed by atoms with Gasteiger partial charge in [-0.2, -0.15) is 0 Å². The lowest BCUT2D eigenvalue weighted by atomic mass is 9.99. The van der Waals surface area contributed by atoms with Crippen LogP contribution < -0.4 is 10.2 Å². The summed E-state index contributed by atoms with van der Waals surface area (Å²) in [5.41, 5.74) is 4.99. The largest absolute Gasteiger partial charge is 0.465 e. The fourth-order valence-electron chi connectivity index (χ4n) is 5.10. The van der Waals surface area contributed by atoms with Crippen molar-refractivity contribution in [2.45, 2.75) is 25.9 Å². The average Bonchev–Trinajstić information content (AvgIpc) is 3.15. The van der Waals surface area contributed by atoms with Crippen LogP contribution in [0.25, 0.3) is 11.1 Å². The minimum Gasteiger partial charge on any atom is -0.465 e. The molecule has 2 amide bonds. The molecule has 4 aromatic carbocycles. The number of nitrogens with one attached hydrogen (secondary N) is 1. The van der Waals surface area contributed by atoms with Crippen molar-refractivity contribution >= 4 is 29.2 Å².